The Morgan fingerprint density at radius 1 is 0.882 bits per heavy atom. The first-order valence-corrected chi connectivity index (χ1v) is 7.62. The Balaban J connectivity index is 3.91. The summed E-state index contributed by atoms with van der Waals surface area (Å²) in [6.45, 7) is 10.7. The quantitative estimate of drug-likeness (QED) is 0.496. The van der Waals surface area contributed by atoms with Gasteiger partial charge in [-0.3, -0.25) is 0 Å². The Morgan fingerprint density at radius 2 is 1.53 bits per heavy atom. The lowest BCUT2D eigenvalue weighted by Gasteiger charge is -2.23. The van der Waals surface area contributed by atoms with Gasteiger partial charge in [0.05, 0.1) is 0 Å². The van der Waals surface area contributed by atoms with E-state index in [1.165, 1.54) is 45.1 Å². The summed E-state index contributed by atoms with van der Waals surface area (Å²) in [5.41, 5.74) is 0. The molecule has 2 unspecified atom stereocenters. The number of hydrogen-bond acceptors (Lipinski definition) is 1. The second kappa shape index (κ2) is 9.94. The third kappa shape index (κ3) is 9.64. The van der Waals surface area contributed by atoms with E-state index in [1.807, 2.05) is 0 Å². The van der Waals surface area contributed by atoms with Crippen molar-refractivity contribution in [3.63, 3.8) is 0 Å². The van der Waals surface area contributed by atoms with Crippen LogP contribution in [0, 0.1) is 17.8 Å². The van der Waals surface area contributed by atoms with E-state index in [9.17, 15) is 0 Å². The maximum Gasteiger partial charge on any atom is 0.000356 e. The van der Waals surface area contributed by atoms with Gasteiger partial charge in [0.1, 0.15) is 0 Å². The predicted octanol–water partition coefficient (Wildman–Crippen LogP) is 4.82. The molecule has 0 aromatic carbocycles. The van der Waals surface area contributed by atoms with Crippen LogP contribution in [0.25, 0.3) is 0 Å². The molecule has 0 spiro atoms. The fourth-order valence-corrected chi connectivity index (χ4v) is 2.36. The molecular weight excluding hydrogens is 206 g/mol. The van der Waals surface area contributed by atoms with Crippen LogP contribution >= 0.6 is 0 Å². The molecule has 0 N–H and O–H groups in total. The van der Waals surface area contributed by atoms with Gasteiger partial charge in [0, 0.05) is 6.54 Å². The van der Waals surface area contributed by atoms with Gasteiger partial charge in [-0.15, -0.1) is 0 Å². The number of hydrogen-bond donors (Lipinski definition) is 0. The number of unbranched alkanes of at least 4 members (excludes halogenated alkanes) is 2. The fourth-order valence-electron chi connectivity index (χ4n) is 2.36. The summed E-state index contributed by atoms with van der Waals surface area (Å²) in [5, 5.41) is 0. The fraction of sp³-hybridized carbons (Fsp3) is 1.00. The SMILES string of the molecule is CCCCCC(CCC(C)C(C)C)CN(C)C. The summed E-state index contributed by atoms with van der Waals surface area (Å²) < 4.78 is 0. The molecule has 0 bridgehead atoms. The summed E-state index contributed by atoms with van der Waals surface area (Å²) in [7, 11) is 4.41. The Kier molecular flexibility index (Phi) is 9.91. The number of rotatable bonds is 10. The maximum atomic E-state index is 2.41. The molecule has 1 heteroatoms. The van der Waals surface area contributed by atoms with Crippen LogP contribution in [0.3, 0.4) is 0 Å². The minimum atomic E-state index is 0.839. The van der Waals surface area contributed by atoms with Crippen molar-refractivity contribution in [1.82, 2.24) is 4.90 Å². The average molecular weight is 241 g/mol. The molecule has 2 atom stereocenters. The van der Waals surface area contributed by atoms with Crippen LogP contribution in [0.4, 0.5) is 0 Å². The number of nitrogens with zero attached hydrogens (tertiary/aromatic N) is 1. The van der Waals surface area contributed by atoms with E-state index in [0.717, 1.165) is 17.8 Å². The highest BCUT2D eigenvalue weighted by Gasteiger charge is 2.13. The Bertz CT molecular complexity index is 163. The van der Waals surface area contributed by atoms with Crippen molar-refractivity contribution in [2.24, 2.45) is 17.8 Å². The second-order valence-electron chi connectivity index (χ2n) is 6.42. The van der Waals surface area contributed by atoms with E-state index in [0.29, 0.717) is 0 Å². The molecule has 0 aromatic rings. The average Bonchev–Trinajstić information content (AvgIpc) is 2.24. The highest BCUT2D eigenvalue weighted by atomic mass is 15.1. The molecular formula is C16H35N. The lowest BCUT2D eigenvalue weighted by molar-refractivity contribution is 0.265. The van der Waals surface area contributed by atoms with E-state index in [-0.39, 0.29) is 0 Å². The molecule has 1 nitrogen and oxygen atoms in total. The van der Waals surface area contributed by atoms with Gasteiger partial charge in [-0.05, 0) is 44.7 Å². The standard InChI is InChI=1S/C16H35N/c1-7-8-9-10-16(13-17(5)6)12-11-15(4)14(2)3/h14-16H,7-13H2,1-6H3. The van der Waals surface area contributed by atoms with Crippen molar-refractivity contribution >= 4 is 0 Å². The summed E-state index contributed by atoms with van der Waals surface area (Å²) in [4.78, 5) is 2.36. The summed E-state index contributed by atoms with van der Waals surface area (Å²) in [6, 6.07) is 0. The third-order valence-corrected chi connectivity index (χ3v) is 4.01. The lowest BCUT2D eigenvalue weighted by Crippen LogP contribution is -2.22. The highest BCUT2D eigenvalue weighted by Crippen LogP contribution is 2.23. The third-order valence-electron chi connectivity index (χ3n) is 4.01. The zero-order chi connectivity index (χ0) is 13.3. The monoisotopic (exact) mass is 241 g/mol. The molecule has 0 aliphatic heterocycles. The van der Waals surface area contributed by atoms with Crippen LogP contribution in [0.15, 0.2) is 0 Å². The molecule has 0 heterocycles. The van der Waals surface area contributed by atoms with Crippen molar-refractivity contribution < 1.29 is 0 Å². The zero-order valence-corrected chi connectivity index (χ0v) is 13.1. The normalized spacial score (nSPS) is 15.5. The predicted molar refractivity (Wildman–Crippen MR) is 79.4 cm³/mol. The van der Waals surface area contributed by atoms with Gasteiger partial charge in [0.25, 0.3) is 0 Å². The maximum absolute atomic E-state index is 2.41. The Hall–Kier alpha value is -0.0400. The summed E-state index contributed by atoms with van der Waals surface area (Å²) in [6.07, 6.45) is 8.42. The van der Waals surface area contributed by atoms with Gasteiger partial charge in [-0.25, -0.2) is 0 Å². The zero-order valence-electron chi connectivity index (χ0n) is 13.1. The molecule has 104 valence electrons. The van der Waals surface area contributed by atoms with Crippen molar-refractivity contribution in [3.8, 4) is 0 Å². The molecule has 0 amide bonds. The second-order valence-corrected chi connectivity index (χ2v) is 6.42. The lowest BCUT2D eigenvalue weighted by atomic mass is 9.87. The van der Waals surface area contributed by atoms with Gasteiger partial charge in [0.15, 0.2) is 0 Å². The topological polar surface area (TPSA) is 3.24 Å². The van der Waals surface area contributed by atoms with Gasteiger partial charge >= 0.3 is 0 Å². The van der Waals surface area contributed by atoms with Crippen LogP contribution < -0.4 is 0 Å². The van der Waals surface area contributed by atoms with Crippen LogP contribution in [-0.4, -0.2) is 25.5 Å². The van der Waals surface area contributed by atoms with Crippen LogP contribution in [0.5, 0.6) is 0 Å². The molecule has 17 heavy (non-hydrogen) atoms. The molecule has 0 fully saturated rings. The first kappa shape index (κ1) is 17.0. The molecule has 0 saturated heterocycles. The smallest absolute Gasteiger partial charge is 0.000356 e. The summed E-state index contributed by atoms with van der Waals surface area (Å²) in [5.74, 6) is 2.63. The van der Waals surface area contributed by atoms with E-state index in [4.69, 9.17) is 0 Å². The van der Waals surface area contributed by atoms with E-state index >= 15 is 0 Å². The van der Waals surface area contributed by atoms with E-state index in [1.54, 1.807) is 0 Å². The summed E-state index contributed by atoms with van der Waals surface area (Å²) >= 11 is 0. The van der Waals surface area contributed by atoms with E-state index in [2.05, 4.69) is 46.7 Å². The molecule has 0 rings (SSSR count). The Morgan fingerprint density at radius 3 is 2.00 bits per heavy atom. The van der Waals surface area contributed by atoms with Crippen LogP contribution in [-0.2, 0) is 0 Å². The van der Waals surface area contributed by atoms with Crippen molar-refractivity contribution in [2.75, 3.05) is 20.6 Å². The van der Waals surface area contributed by atoms with Crippen LogP contribution in [0.1, 0.15) is 66.2 Å². The van der Waals surface area contributed by atoms with Gasteiger partial charge in [0.2, 0.25) is 0 Å². The molecule has 0 aliphatic carbocycles. The van der Waals surface area contributed by atoms with Crippen molar-refractivity contribution in [3.05, 3.63) is 0 Å². The van der Waals surface area contributed by atoms with Crippen molar-refractivity contribution in [2.45, 2.75) is 66.2 Å². The molecule has 0 radical (unpaired) electrons. The van der Waals surface area contributed by atoms with Gasteiger partial charge in [-0.1, -0.05) is 53.4 Å². The van der Waals surface area contributed by atoms with Crippen molar-refractivity contribution in [1.29, 1.82) is 0 Å². The molecule has 0 aromatic heterocycles. The molecule has 0 saturated carbocycles. The Labute approximate surface area is 110 Å². The van der Waals surface area contributed by atoms with Crippen LogP contribution in [0.2, 0.25) is 0 Å². The van der Waals surface area contributed by atoms with E-state index < -0.39 is 0 Å². The minimum Gasteiger partial charge on any atom is -0.309 e. The largest absolute Gasteiger partial charge is 0.309 e. The highest BCUT2D eigenvalue weighted by molar-refractivity contribution is 4.66. The van der Waals surface area contributed by atoms with Gasteiger partial charge < -0.3 is 4.90 Å². The molecule has 0 aliphatic rings. The first-order valence-electron chi connectivity index (χ1n) is 7.62. The minimum absolute atomic E-state index is 0.839. The van der Waals surface area contributed by atoms with Gasteiger partial charge in [-0.2, -0.15) is 0 Å². The first-order chi connectivity index (χ1) is 7.97.